The van der Waals surface area contributed by atoms with Crippen molar-refractivity contribution in [1.29, 1.82) is 0 Å². The van der Waals surface area contributed by atoms with Gasteiger partial charge in [0.25, 0.3) is 0 Å². The fourth-order valence-electron chi connectivity index (χ4n) is 2.78. The predicted octanol–water partition coefficient (Wildman–Crippen LogP) is 2.97. The van der Waals surface area contributed by atoms with Gasteiger partial charge >= 0.3 is 30.3 Å². The largest absolute Gasteiger partial charge is 0.490 e. The number of amides is 1. The Bertz CT molecular complexity index is 1310. The summed E-state index contributed by atoms with van der Waals surface area (Å²) in [5.41, 5.74) is 2.53. The maximum atomic E-state index is 12.8. The Hall–Kier alpha value is -5.00. The molecule has 0 bridgehead atoms. The van der Waals surface area contributed by atoms with Crippen LogP contribution in [0.5, 0.6) is 0 Å². The van der Waals surface area contributed by atoms with Gasteiger partial charge in [-0.2, -0.15) is 31.4 Å². The number of carbonyl (C=O) groups excluding carboxylic acids is 1. The Morgan fingerprint density at radius 3 is 1.83 bits per heavy atom. The number of carbonyl (C=O) groups is 4. The number of aliphatic carboxylic acids is 3. The van der Waals surface area contributed by atoms with E-state index in [0.29, 0.717) is 17.9 Å². The molecule has 3 rings (SSSR count). The zero-order valence-electron chi connectivity index (χ0n) is 21.3. The summed E-state index contributed by atoms with van der Waals surface area (Å²) in [7, 11) is 1.73. The number of aromatic nitrogens is 3. The van der Waals surface area contributed by atoms with Gasteiger partial charge in [0.05, 0.1) is 18.3 Å². The molecule has 0 aliphatic rings. The molecule has 1 atom stereocenters. The quantitative estimate of drug-likeness (QED) is 0.239. The van der Waals surface area contributed by atoms with Crippen molar-refractivity contribution < 1.29 is 60.8 Å². The molecule has 0 saturated carbocycles. The number of nitrogens with one attached hydrogen (secondary N) is 2. The summed E-state index contributed by atoms with van der Waals surface area (Å²) in [6.07, 6.45) is -6.45. The molecule has 0 saturated heterocycles. The molecule has 1 amide bonds. The third-order valence-electron chi connectivity index (χ3n) is 4.69. The summed E-state index contributed by atoms with van der Waals surface area (Å²) in [4.78, 5) is 45.5. The molecular formula is C24H23F6N5O7. The molecule has 42 heavy (non-hydrogen) atoms. The lowest BCUT2D eigenvalue weighted by Crippen LogP contribution is -2.44. The number of nitrogens with zero attached hydrogens (tertiary/aromatic N) is 3. The van der Waals surface area contributed by atoms with Crippen LogP contribution in [0.15, 0.2) is 60.9 Å². The van der Waals surface area contributed by atoms with Gasteiger partial charge in [0, 0.05) is 31.1 Å². The van der Waals surface area contributed by atoms with Gasteiger partial charge in [-0.25, -0.2) is 9.59 Å². The van der Waals surface area contributed by atoms with E-state index in [-0.39, 0.29) is 12.5 Å². The molecule has 0 aliphatic carbocycles. The summed E-state index contributed by atoms with van der Waals surface area (Å²) in [5.74, 6) is -6.34. The lowest BCUT2D eigenvalue weighted by molar-refractivity contribution is -0.193. The number of rotatable bonds is 8. The van der Waals surface area contributed by atoms with E-state index in [2.05, 4.69) is 20.7 Å². The van der Waals surface area contributed by atoms with Gasteiger partial charge < -0.3 is 20.6 Å². The van der Waals surface area contributed by atoms with E-state index in [1.807, 2.05) is 42.5 Å². The number of halogens is 6. The summed E-state index contributed by atoms with van der Waals surface area (Å²) >= 11 is 0. The first-order chi connectivity index (χ1) is 19.4. The third kappa shape index (κ3) is 12.9. The average molecular weight is 607 g/mol. The van der Waals surface area contributed by atoms with Crippen LogP contribution in [0.4, 0.5) is 32.2 Å². The van der Waals surface area contributed by atoms with Gasteiger partial charge in [0.15, 0.2) is 0 Å². The van der Waals surface area contributed by atoms with E-state index in [9.17, 15) is 35.9 Å². The van der Waals surface area contributed by atoms with Crippen LogP contribution in [-0.4, -0.2) is 78.8 Å². The second-order valence-corrected chi connectivity index (χ2v) is 7.89. The number of anilines is 1. The van der Waals surface area contributed by atoms with Gasteiger partial charge in [0.1, 0.15) is 5.82 Å². The molecule has 5 N–H and O–H groups in total. The summed E-state index contributed by atoms with van der Waals surface area (Å²) in [5, 5.41) is 33.3. The van der Waals surface area contributed by atoms with Gasteiger partial charge in [-0.15, -0.1) is 0 Å². The maximum Gasteiger partial charge on any atom is 0.490 e. The van der Waals surface area contributed by atoms with Crippen LogP contribution in [0.2, 0.25) is 0 Å². The monoisotopic (exact) mass is 607 g/mol. The van der Waals surface area contributed by atoms with Crippen molar-refractivity contribution in [3.8, 4) is 11.3 Å². The Morgan fingerprint density at radius 1 is 0.881 bits per heavy atom. The van der Waals surface area contributed by atoms with Gasteiger partial charge in [-0.3, -0.25) is 24.6 Å². The number of carboxylic acids is 3. The predicted molar refractivity (Wildman–Crippen MR) is 132 cm³/mol. The number of carboxylic acid groups (broad SMARTS) is 3. The fourth-order valence-corrected chi connectivity index (χ4v) is 2.78. The SMILES string of the molecule is Cn1nc(-c2ccncc2)cc1NC(=O)[C@H](Cc1ccccc1)NCC(=O)O.O=C(O)C(F)(F)F.O=C(O)C(F)(F)F. The highest BCUT2D eigenvalue weighted by atomic mass is 19.4. The molecule has 2 heterocycles. The third-order valence-corrected chi connectivity index (χ3v) is 4.69. The smallest absolute Gasteiger partial charge is 0.480 e. The van der Waals surface area contributed by atoms with Crippen molar-refractivity contribution in [2.75, 3.05) is 11.9 Å². The lowest BCUT2D eigenvalue weighted by atomic mass is 10.1. The first kappa shape index (κ1) is 35.0. The number of hydrogen-bond donors (Lipinski definition) is 5. The summed E-state index contributed by atoms with van der Waals surface area (Å²) in [6, 6.07) is 14.2. The van der Waals surface area contributed by atoms with Gasteiger partial charge in [0.2, 0.25) is 5.91 Å². The minimum atomic E-state index is -5.08. The molecule has 2 aromatic heterocycles. The van der Waals surface area contributed by atoms with E-state index in [0.717, 1.165) is 11.1 Å². The number of hydrogen-bond acceptors (Lipinski definition) is 7. The van der Waals surface area contributed by atoms with Crippen LogP contribution in [0.1, 0.15) is 5.56 Å². The summed E-state index contributed by atoms with van der Waals surface area (Å²) < 4.78 is 65.0. The molecule has 3 aromatic rings. The topological polar surface area (TPSA) is 184 Å². The molecule has 0 fully saturated rings. The minimum Gasteiger partial charge on any atom is -0.480 e. The first-order valence-corrected chi connectivity index (χ1v) is 11.3. The van der Waals surface area contributed by atoms with E-state index < -0.39 is 36.3 Å². The molecule has 0 unspecified atom stereocenters. The van der Waals surface area contributed by atoms with Crippen LogP contribution in [-0.2, 0) is 32.6 Å². The molecule has 1 aromatic carbocycles. The number of benzene rings is 1. The fraction of sp³-hybridized carbons (Fsp3) is 0.250. The maximum absolute atomic E-state index is 12.8. The average Bonchev–Trinajstić information content (AvgIpc) is 3.27. The van der Waals surface area contributed by atoms with Crippen molar-refractivity contribution in [2.24, 2.45) is 7.05 Å². The molecular weight excluding hydrogens is 584 g/mol. The van der Waals surface area contributed by atoms with E-state index >= 15 is 0 Å². The van der Waals surface area contributed by atoms with Crippen molar-refractivity contribution in [2.45, 2.75) is 24.8 Å². The molecule has 0 radical (unpaired) electrons. The Balaban J connectivity index is 0.000000522. The van der Waals surface area contributed by atoms with Crippen LogP contribution in [0, 0.1) is 0 Å². The second kappa shape index (κ2) is 15.7. The molecule has 0 spiro atoms. The van der Waals surface area contributed by atoms with E-state index in [4.69, 9.17) is 24.9 Å². The van der Waals surface area contributed by atoms with E-state index in [1.54, 1.807) is 30.2 Å². The standard InChI is InChI=1S/C20H21N5O3.2C2HF3O2/c1-25-18(12-16(24-25)15-7-9-21-10-8-15)23-20(28)17(22-13-19(26)27)11-14-5-3-2-4-6-14;2*3-2(4,5)1(6)7/h2-10,12,17,22H,11,13H2,1H3,(H,23,28)(H,26,27);2*(H,6,7)/t17-;;/m0../s1. The zero-order valence-corrected chi connectivity index (χ0v) is 21.3. The Kier molecular flexibility index (Phi) is 13.1. The highest BCUT2D eigenvalue weighted by Gasteiger charge is 2.38. The molecule has 228 valence electrons. The highest BCUT2D eigenvalue weighted by Crippen LogP contribution is 2.21. The van der Waals surface area contributed by atoms with E-state index in [1.165, 1.54) is 0 Å². The van der Waals surface area contributed by atoms with Crippen molar-refractivity contribution in [3.63, 3.8) is 0 Å². The number of aryl methyl sites for hydroxylation is 1. The summed E-state index contributed by atoms with van der Waals surface area (Å²) in [6.45, 7) is -0.307. The number of pyridine rings is 1. The van der Waals surface area contributed by atoms with Gasteiger partial charge in [-0.1, -0.05) is 30.3 Å². The Labute approximate surface area is 232 Å². The highest BCUT2D eigenvalue weighted by molar-refractivity contribution is 5.95. The molecule has 0 aliphatic heterocycles. The minimum absolute atomic E-state index is 0.307. The van der Waals surface area contributed by atoms with Crippen molar-refractivity contribution in [1.82, 2.24) is 20.1 Å². The lowest BCUT2D eigenvalue weighted by Gasteiger charge is -2.17. The first-order valence-electron chi connectivity index (χ1n) is 11.3. The Morgan fingerprint density at radius 2 is 1.38 bits per heavy atom. The molecule has 18 heteroatoms. The van der Waals surface area contributed by atoms with Crippen molar-refractivity contribution >= 4 is 29.6 Å². The zero-order chi connectivity index (χ0) is 32.1. The van der Waals surface area contributed by atoms with Crippen LogP contribution in [0.25, 0.3) is 11.3 Å². The van der Waals surface area contributed by atoms with Crippen LogP contribution >= 0.6 is 0 Å². The van der Waals surface area contributed by atoms with Crippen LogP contribution < -0.4 is 10.6 Å². The second-order valence-electron chi connectivity index (χ2n) is 7.89. The van der Waals surface area contributed by atoms with Crippen LogP contribution in [0.3, 0.4) is 0 Å². The normalized spacial score (nSPS) is 11.6. The van der Waals surface area contributed by atoms with Crippen molar-refractivity contribution in [3.05, 3.63) is 66.5 Å². The number of alkyl halides is 6. The van der Waals surface area contributed by atoms with Gasteiger partial charge in [-0.05, 0) is 24.1 Å². The molecule has 12 nitrogen and oxygen atoms in total.